The molecule has 0 atom stereocenters. The molecule has 6 rings (SSSR count). The molecule has 2 aromatic carbocycles. The number of hydrogen-bond donors (Lipinski definition) is 4. The number of sulfone groups is 2. The van der Waals surface area contributed by atoms with Gasteiger partial charge in [-0.1, -0.05) is 82.9 Å². The van der Waals surface area contributed by atoms with Crippen LogP contribution in [0.5, 0.6) is 0 Å². The highest BCUT2D eigenvalue weighted by molar-refractivity contribution is 7.92. The van der Waals surface area contributed by atoms with Crippen LogP contribution in [0.2, 0.25) is 10.0 Å². The number of carbonyl (C=O) groups excluding carboxylic acids is 2. The zero-order valence-corrected chi connectivity index (χ0v) is 37.3. The first-order valence-corrected chi connectivity index (χ1v) is 24.3. The minimum Gasteiger partial charge on any atom is -0.478 e. The molecule has 0 radical (unpaired) electrons. The Morgan fingerprint density at radius 2 is 0.966 bits per heavy atom. The summed E-state index contributed by atoms with van der Waals surface area (Å²) in [7, 11) is -7.21. The number of carbonyl (C=O) groups is 4. The van der Waals surface area contributed by atoms with Crippen LogP contribution in [0, 0.1) is 13.8 Å². The van der Waals surface area contributed by atoms with Gasteiger partial charge < -0.3 is 20.8 Å². The molecule has 0 spiro atoms. The van der Waals surface area contributed by atoms with Crippen molar-refractivity contribution in [3.8, 4) is 22.3 Å². The predicted molar refractivity (Wildman–Crippen MR) is 233 cm³/mol. The lowest BCUT2D eigenvalue weighted by Gasteiger charge is -2.07. The van der Waals surface area contributed by atoms with Crippen LogP contribution in [-0.4, -0.2) is 62.3 Å². The van der Waals surface area contributed by atoms with Crippen LogP contribution in [0.15, 0.2) is 79.8 Å². The highest BCUT2D eigenvalue weighted by Gasteiger charge is 2.30. The number of amides is 2. The maximum atomic E-state index is 12.7. The van der Waals surface area contributed by atoms with E-state index in [1.165, 1.54) is 24.6 Å². The number of carboxylic acid groups (broad SMARTS) is 2. The zero-order chi connectivity index (χ0) is 42.9. The molecule has 0 saturated carbocycles. The average molecular weight is 940 g/mol. The van der Waals surface area contributed by atoms with Crippen molar-refractivity contribution in [1.82, 2.24) is 0 Å². The van der Waals surface area contributed by atoms with E-state index >= 15 is 0 Å². The third-order valence-corrected chi connectivity index (χ3v) is 16.9. The van der Waals surface area contributed by atoms with Crippen LogP contribution in [-0.2, 0) is 19.7 Å². The minimum atomic E-state index is -3.64. The minimum absolute atomic E-state index is 0.00344. The van der Waals surface area contributed by atoms with Gasteiger partial charge in [0.2, 0.25) is 0 Å². The number of aromatic carboxylic acids is 2. The number of anilines is 2. The van der Waals surface area contributed by atoms with Gasteiger partial charge in [0.25, 0.3) is 11.8 Å². The standard InChI is InChI=1S/C20H18ClNO5S3.C18H14ClNO5S3/c1-10(2)30(26,27)14-9-28-17(16(14)21)18(23)22-19-15(20(24)25)13(8-29-19)12-6-4-11(3)5-7-12;1-9-3-5-10(6-4-9)11-7-27-17(13(11)18(22)23)20-16(21)15-14(19)12(8-26-15)28(2,24)25/h4-10H,1-3H3,(H,22,23)(H,24,25);3-8H,1-2H3,(H,20,21)(H,22,23). The lowest BCUT2D eigenvalue weighted by atomic mass is 10.0. The van der Waals surface area contributed by atoms with Crippen LogP contribution in [0.1, 0.15) is 65.0 Å². The largest absolute Gasteiger partial charge is 0.478 e. The molecule has 58 heavy (non-hydrogen) atoms. The Hall–Kier alpha value is -4.40. The Bertz CT molecular complexity index is 2780. The van der Waals surface area contributed by atoms with Crippen LogP contribution in [0.25, 0.3) is 22.3 Å². The number of rotatable bonds is 11. The topological polar surface area (TPSA) is 201 Å². The number of halogens is 2. The summed E-state index contributed by atoms with van der Waals surface area (Å²) in [6.07, 6.45) is 0.998. The van der Waals surface area contributed by atoms with Crippen molar-refractivity contribution >= 4 is 122 Å². The van der Waals surface area contributed by atoms with Gasteiger partial charge in [0, 0.05) is 38.9 Å². The second-order valence-corrected chi connectivity index (χ2v) is 21.5. The third kappa shape index (κ3) is 9.55. The molecule has 20 heteroatoms. The summed E-state index contributed by atoms with van der Waals surface area (Å²) in [6, 6.07) is 14.7. The number of benzene rings is 2. The molecule has 2 amide bonds. The number of nitrogens with one attached hydrogen (secondary N) is 2. The maximum Gasteiger partial charge on any atom is 0.339 e. The van der Waals surface area contributed by atoms with E-state index in [1.54, 1.807) is 10.8 Å². The Labute approximate surface area is 359 Å². The fourth-order valence-corrected chi connectivity index (χ4v) is 12.9. The van der Waals surface area contributed by atoms with Crippen molar-refractivity contribution in [3.63, 3.8) is 0 Å². The van der Waals surface area contributed by atoms with Crippen LogP contribution >= 0.6 is 68.5 Å². The fourth-order valence-electron chi connectivity index (χ4n) is 5.19. The zero-order valence-electron chi connectivity index (χ0n) is 30.9. The molecule has 6 aromatic rings. The van der Waals surface area contributed by atoms with Gasteiger partial charge in [0.05, 0.1) is 25.1 Å². The van der Waals surface area contributed by atoms with E-state index in [2.05, 4.69) is 10.6 Å². The van der Waals surface area contributed by atoms with Gasteiger partial charge in [-0.25, -0.2) is 26.4 Å². The molecular formula is C38H32Cl2N2O10S6. The molecule has 0 bridgehead atoms. The average Bonchev–Trinajstić information content (AvgIpc) is 3.94. The summed E-state index contributed by atoms with van der Waals surface area (Å²) in [6.45, 7) is 6.91. The van der Waals surface area contributed by atoms with E-state index in [-0.39, 0.29) is 50.7 Å². The van der Waals surface area contributed by atoms with Gasteiger partial charge in [-0.05, 0) is 38.8 Å². The van der Waals surface area contributed by atoms with Crippen molar-refractivity contribution in [1.29, 1.82) is 0 Å². The fraction of sp³-hybridized carbons (Fsp3) is 0.158. The maximum absolute atomic E-state index is 12.7. The molecule has 12 nitrogen and oxygen atoms in total. The molecule has 4 heterocycles. The molecule has 0 aliphatic heterocycles. The molecule has 0 aliphatic rings. The first kappa shape index (κ1) is 44.7. The highest BCUT2D eigenvalue weighted by Crippen LogP contribution is 2.40. The first-order chi connectivity index (χ1) is 27.1. The highest BCUT2D eigenvalue weighted by atomic mass is 35.5. The van der Waals surface area contributed by atoms with Gasteiger partial charge in [-0.2, -0.15) is 0 Å². The summed E-state index contributed by atoms with van der Waals surface area (Å²) in [5, 5.41) is 29.7. The third-order valence-electron chi connectivity index (χ3n) is 8.33. The predicted octanol–water partition coefficient (Wildman–Crippen LogP) is 10.4. The Morgan fingerprint density at radius 1 is 0.603 bits per heavy atom. The number of thiophene rings is 4. The van der Waals surface area contributed by atoms with E-state index in [1.807, 2.05) is 62.4 Å². The van der Waals surface area contributed by atoms with E-state index in [0.717, 1.165) is 62.7 Å². The van der Waals surface area contributed by atoms with Crippen molar-refractivity contribution in [2.24, 2.45) is 0 Å². The monoisotopic (exact) mass is 938 g/mol. The Morgan fingerprint density at radius 3 is 1.29 bits per heavy atom. The first-order valence-electron chi connectivity index (χ1n) is 16.6. The Kier molecular flexibility index (Phi) is 13.7. The Balaban J connectivity index is 0.000000221. The van der Waals surface area contributed by atoms with Gasteiger partial charge in [-0.3, -0.25) is 9.59 Å². The quantitative estimate of drug-likeness (QED) is 0.0968. The van der Waals surface area contributed by atoms with E-state index in [0.29, 0.717) is 22.3 Å². The van der Waals surface area contributed by atoms with Crippen LogP contribution < -0.4 is 10.6 Å². The summed E-state index contributed by atoms with van der Waals surface area (Å²) in [4.78, 5) is 48.8. The lowest BCUT2D eigenvalue weighted by molar-refractivity contribution is 0.0688. The van der Waals surface area contributed by atoms with Crippen LogP contribution in [0.3, 0.4) is 0 Å². The van der Waals surface area contributed by atoms with E-state index in [4.69, 9.17) is 23.2 Å². The van der Waals surface area contributed by atoms with Gasteiger partial charge in [-0.15, -0.1) is 45.3 Å². The smallest absolute Gasteiger partial charge is 0.339 e. The molecule has 4 aromatic heterocycles. The molecule has 0 saturated heterocycles. The second-order valence-electron chi connectivity index (χ2n) is 12.8. The molecular weight excluding hydrogens is 908 g/mol. The normalized spacial score (nSPS) is 11.5. The van der Waals surface area contributed by atoms with E-state index in [9.17, 15) is 46.2 Å². The van der Waals surface area contributed by atoms with Gasteiger partial charge in [0.15, 0.2) is 19.7 Å². The molecule has 0 aliphatic carbocycles. The van der Waals surface area contributed by atoms with Crippen LogP contribution in [0.4, 0.5) is 10.0 Å². The van der Waals surface area contributed by atoms with Gasteiger partial charge in [0.1, 0.15) is 30.9 Å². The number of hydrogen-bond acceptors (Lipinski definition) is 12. The van der Waals surface area contributed by atoms with Crippen molar-refractivity contribution in [2.45, 2.75) is 42.7 Å². The summed E-state index contributed by atoms with van der Waals surface area (Å²) < 4.78 is 48.2. The SMILES string of the molecule is Cc1ccc(-c2csc(NC(=O)c3scc(S(=O)(=O)C(C)C)c3Cl)c2C(=O)O)cc1.Cc1ccc(-c2csc(NC(=O)c3scc(S(C)(=O)=O)c3Cl)c2C(=O)O)cc1. The van der Waals surface area contributed by atoms with Crippen molar-refractivity contribution in [2.75, 3.05) is 16.9 Å². The number of carboxylic acids is 2. The number of aryl methyl sites for hydroxylation is 2. The second kappa shape index (κ2) is 17.8. The summed E-state index contributed by atoms with van der Waals surface area (Å²) in [5.41, 5.74) is 4.43. The molecule has 0 fully saturated rings. The lowest BCUT2D eigenvalue weighted by Crippen LogP contribution is -2.15. The summed E-state index contributed by atoms with van der Waals surface area (Å²) in [5.74, 6) is -3.68. The van der Waals surface area contributed by atoms with Crippen molar-refractivity contribution < 1.29 is 46.2 Å². The van der Waals surface area contributed by atoms with Gasteiger partial charge >= 0.3 is 11.9 Å². The summed E-state index contributed by atoms with van der Waals surface area (Å²) >= 11 is 16.2. The van der Waals surface area contributed by atoms with Crippen molar-refractivity contribution in [3.05, 3.63) is 112 Å². The van der Waals surface area contributed by atoms with E-state index < -0.39 is 48.7 Å². The molecule has 0 unspecified atom stereocenters. The molecule has 304 valence electrons. The molecule has 4 N–H and O–H groups in total.